The number of carbonyl (C=O) groups excluding carboxylic acids is 3. The second-order valence-corrected chi connectivity index (χ2v) is 7.73. The highest BCUT2D eigenvalue weighted by atomic mass is 32.1. The first kappa shape index (κ1) is 22.2. The van der Waals surface area contributed by atoms with Crippen LogP contribution >= 0.6 is 11.3 Å². The first-order chi connectivity index (χ1) is 14.8. The van der Waals surface area contributed by atoms with Crippen molar-refractivity contribution in [3.05, 3.63) is 59.6 Å². The molecule has 1 atom stereocenters. The van der Waals surface area contributed by atoms with Crippen molar-refractivity contribution in [2.45, 2.75) is 19.9 Å². The molecule has 10 heteroatoms. The molecule has 0 radical (unpaired) electrons. The fourth-order valence-electron chi connectivity index (χ4n) is 2.58. The molecule has 0 spiro atoms. The number of aromatic nitrogens is 1. The summed E-state index contributed by atoms with van der Waals surface area (Å²) in [6.45, 7) is 2.94. The number of halogens is 1. The predicted molar refractivity (Wildman–Crippen MR) is 112 cm³/mol. The minimum atomic E-state index is -0.949. The number of nitrogens with one attached hydrogen (secondary N) is 2. The normalized spacial score (nSPS) is 11.7. The van der Waals surface area contributed by atoms with Crippen molar-refractivity contribution in [1.29, 1.82) is 0 Å². The summed E-state index contributed by atoms with van der Waals surface area (Å²) in [5.74, 6) is -2.43. The highest BCUT2D eigenvalue weighted by molar-refractivity contribution is 7.14. The van der Waals surface area contributed by atoms with E-state index in [4.69, 9.17) is 9.15 Å². The quantitative estimate of drug-likeness (QED) is 0.514. The van der Waals surface area contributed by atoms with Gasteiger partial charge < -0.3 is 14.5 Å². The second-order valence-electron chi connectivity index (χ2n) is 6.87. The van der Waals surface area contributed by atoms with E-state index in [1.807, 2.05) is 0 Å². The SMILES string of the molecule is CC(C)C(NC(=O)c1ccco1)C(=O)OCC(=O)Nc1nc(-c2ccc(F)cc2)cs1. The van der Waals surface area contributed by atoms with Gasteiger partial charge in [0.05, 0.1) is 12.0 Å². The molecule has 0 saturated heterocycles. The van der Waals surface area contributed by atoms with Gasteiger partial charge in [0.1, 0.15) is 11.9 Å². The van der Waals surface area contributed by atoms with Crippen molar-refractivity contribution in [3.63, 3.8) is 0 Å². The number of ether oxygens (including phenoxy) is 1. The van der Waals surface area contributed by atoms with Gasteiger partial charge in [-0.1, -0.05) is 13.8 Å². The molecule has 0 aliphatic heterocycles. The summed E-state index contributed by atoms with van der Waals surface area (Å²) in [5, 5.41) is 7.11. The van der Waals surface area contributed by atoms with Crippen LogP contribution in [-0.4, -0.2) is 35.4 Å². The Bertz CT molecular complexity index is 1050. The molecular formula is C21H20FN3O5S. The monoisotopic (exact) mass is 445 g/mol. The molecule has 8 nitrogen and oxygen atoms in total. The van der Waals surface area contributed by atoms with Gasteiger partial charge in [-0.2, -0.15) is 0 Å². The molecule has 2 N–H and O–H groups in total. The number of thiazole rings is 1. The van der Waals surface area contributed by atoms with E-state index in [0.717, 1.165) is 0 Å². The van der Waals surface area contributed by atoms with Gasteiger partial charge in [0.25, 0.3) is 11.8 Å². The maximum absolute atomic E-state index is 13.0. The van der Waals surface area contributed by atoms with Gasteiger partial charge in [-0.25, -0.2) is 14.2 Å². The average Bonchev–Trinajstić information content (AvgIpc) is 3.43. The second kappa shape index (κ2) is 9.98. The highest BCUT2D eigenvalue weighted by Crippen LogP contribution is 2.25. The van der Waals surface area contributed by atoms with Gasteiger partial charge in [-0.05, 0) is 42.3 Å². The molecule has 1 aromatic carbocycles. The van der Waals surface area contributed by atoms with Crippen molar-refractivity contribution in [2.24, 2.45) is 5.92 Å². The van der Waals surface area contributed by atoms with E-state index in [2.05, 4.69) is 15.6 Å². The third-order valence-electron chi connectivity index (χ3n) is 4.19. The minimum absolute atomic E-state index is 0.0666. The lowest BCUT2D eigenvalue weighted by molar-refractivity contribution is -0.150. The minimum Gasteiger partial charge on any atom is -0.459 e. The number of benzene rings is 1. The number of carbonyl (C=O) groups is 3. The Labute approximate surface area is 181 Å². The predicted octanol–water partition coefficient (Wildman–Crippen LogP) is 3.48. The van der Waals surface area contributed by atoms with Crippen LogP contribution in [0.5, 0.6) is 0 Å². The van der Waals surface area contributed by atoms with Gasteiger partial charge in [-0.15, -0.1) is 11.3 Å². The van der Waals surface area contributed by atoms with Crippen molar-refractivity contribution >= 4 is 34.3 Å². The lowest BCUT2D eigenvalue weighted by Gasteiger charge is -2.20. The molecule has 0 aliphatic rings. The molecular weight excluding hydrogens is 425 g/mol. The van der Waals surface area contributed by atoms with E-state index in [-0.39, 0.29) is 17.5 Å². The zero-order valence-corrected chi connectivity index (χ0v) is 17.6. The molecule has 0 bridgehead atoms. The molecule has 31 heavy (non-hydrogen) atoms. The van der Waals surface area contributed by atoms with Crippen LogP contribution in [0.15, 0.2) is 52.5 Å². The molecule has 2 amide bonds. The van der Waals surface area contributed by atoms with Crippen LogP contribution < -0.4 is 10.6 Å². The Morgan fingerprint density at radius 3 is 2.58 bits per heavy atom. The molecule has 0 saturated carbocycles. The average molecular weight is 445 g/mol. The Hall–Kier alpha value is -3.53. The van der Waals surface area contributed by atoms with Gasteiger partial charge in [0.15, 0.2) is 17.5 Å². The summed E-state index contributed by atoms with van der Waals surface area (Å²) in [4.78, 5) is 40.9. The number of esters is 1. The Morgan fingerprint density at radius 1 is 1.19 bits per heavy atom. The van der Waals surface area contributed by atoms with Crippen LogP contribution in [0, 0.1) is 11.7 Å². The van der Waals surface area contributed by atoms with Crippen molar-refractivity contribution < 1.29 is 27.9 Å². The highest BCUT2D eigenvalue weighted by Gasteiger charge is 2.27. The fraction of sp³-hybridized carbons (Fsp3) is 0.238. The van der Waals surface area contributed by atoms with Crippen LogP contribution in [0.2, 0.25) is 0 Å². The lowest BCUT2D eigenvalue weighted by atomic mass is 10.0. The molecule has 2 heterocycles. The third-order valence-corrected chi connectivity index (χ3v) is 4.95. The van der Waals surface area contributed by atoms with E-state index < -0.39 is 30.4 Å². The van der Waals surface area contributed by atoms with E-state index in [1.165, 1.54) is 35.8 Å². The maximum Gasteiger partial charge on any atom is 0.329 e. The number of hydrogen-bond donors (Lipinski definition) is 2. The summed E-state index contributed by atoms with van der Waals surface area (Å²) in [5.41, 5.74) is 1.29. The fourth-order valence-corrected chi connectivity index (χ4v) is 3.32. The van der Waals surface area contributed by atoms with E-state index >= 15 is 0 Å². The van der Waals surface area contributed by atoms with Crippen LogP contribution in [0.4, 0.5) is 9.52 Å². The van der Waals surface area contributed by atoms with Crippen molar-refractivity contribution in [2.75, 3.05) is 11.9 Å². The van der Waals surface area contributed by atoms with Crippen LogP contribution in [0.3, 0.4) is 0 Å². The standard InChI is InChI=1S/C21H20FN3O5S/c1-12(2)18(25-19(27)16-4-3-9-29-16)20(28)30-10-17(26)24-21-23-15(11-31-21)13-5-7-14(22)8-6-13/h3-9,11-12,18H,10H2,1-2H3,(H,25,27)(H,23,24,26). The summed E-state index contributed by atoms with van der Waals surface area (Å²) >= 11 is 1.18. The Balaban J connectivity index is 1.52. The Morgan fingerprint density at radius 2 is 1.94 bits per heavy atom. The topological polar surface area (TPSA) is 111 Å². The van der Waals surface area contributed by atoms with Crippen LogP contribution in [-0.2, 0) is 14.3 Å². The van der Waals surface area contributed by atoms with E-state index in [1.54, 1.807) is 37.4 Å². The van der Waals surface area contributed by atoms with Crippen LogP contribution in [0.1, 0.15) is 24.4 Å². The van der Waals surface area contributed by atoms with Gasteiger partial charge >= 0.3 is 5.97 Å². The number of rotatable bonds is 8. The number of nitrogens with zero attached hydrogens (tertiary/aromatic N) is 1. The molecule has 162 valence electrons. The molecule has 2 aromatic heterocycles. The molecule has 1 unspecified atom stereocenters. The first-order valence-electron chi connectivity index (χ1n) is 9.36. The molecule has 0 aliphatic carbocycles. The molecule has 3 aromatic rings. The van der Waals surface area contributed by atoms with E-state index in [9.17, 15) is 18.8 Å². The van der Waals surface area contributed by atoms with E-state index in [0.29, 0.717) is 16.4 Å². The summed E-state index contributed by atoms with van der Waals surface area (Å²) in [6.07, 6.45) is 1.35. The van der Waals surface area contributed by atoms with Crippen molar-refractivity contribution in [1.82, 2.24) is 10.3 Å². The van der Waals surface area contributed by atoms with Gasteiger partial charge in [0, 0.05) is 10.9 Å². The largest absolute Gasteiger partial charge is 0.459 e. The first-order valence-corrected chi connectivity index (χ1v) is 10.2. The maximum atomic E-state index is 13.0. The van der Waals surface area contributed by atoms with Crippen LogP contribution in [0.25, 0.3) is 11.3 Å². The number of amides is 2. The number of hydrogen-bond acceptors (Lipinski definition) is 7. The molecule has 0 fully saturated rings. The smallest absolute Gasteiger partial charge is 0.329 e. The lowest BCUT2D eigenvalue weighted by Crippen LogP contribution is -2.45. The summed E-state index contributed by atoms with van der Waals surface area (Å²) in [6, 6.07) is 7.89. The van der Waals surface area contributed by atoms with Crippen molar-refractivity contribution in [3.8, 4) is 11.3 Å². The number of anilines is 1. The van der Waals surface area contributed by atoms with Gasteiger partial charge in [0.2, 0.25) is 0 Å². The third kappa shape index (κ3) is 5.98. The zero-order valence-electron chi connectivity index (χ0n) is 16.8. The summed E-state index contributed by atoms with van der Waals surface area (Å²) < 4.78 is 23.1. The Kier molecular flexibility index (Phi) is 7.14. The summed E-state index contributed by atoms with van der Waals surface area (Å²) in [7, 11) is 0. The van der Waals surface area contributed by atoms with Gasteiger partial charge in [-0.3, -0.25) is 14.9 Å². The molecule has 3 rings (SSSR count). The number of furan rings is 1. The zero-order chi connectivity index (χ0) is 22.4.